The first-order chi connectivity index (χ1) is 20.0. The molecule has 1 fully saturated rings. The second kappa shape index (κ2) is 10.3. The van der Waals surface area contributed by atoms with E-state index in [0.29, 0.717) is 16.3 Å². The number of rotatable bonds is 7. The number of hydrogen-bond donors (Lipinski definition) is 2. The molecular formula is C28H24N4O7S3. The molecule has 0 saturated carbocycles. The van der Waals surface area contributed by atoms with E-state index in [9.17, 15) is 30.4 Å². The zero-order valence-electron chi connectivity index (χ0n) is 21.8. The molecule has 1 aliphatic heterocycles. The van der Waals surface area contributed by atoms with Crippen LogP contribution in [0.15, 0.2) is 107 Å². The molecule has 3 heterocycles. The van der Waals surface area contributed by atoms with Gasteiger partial charge in [0.25, 0.3) is 20.0 Å². The van der Waals surface area contributed by atoms with E-state index >= 15 is 0 Å². The Labute approximate surface area is 242 Å². The summed E-state index contributed by atoms with van der Waals surface area (Å²) in [7, 11) is -12.3. The van der Waals surface area contributed by atoms with E-state index in [-0.39, 0.29) is 26.7 Å². The summed E-state index contributed by atoms with van der Waals surface area (Å²) in [4.78, 5) is 8.24. The minimum absolute atomic E-state index is 0.0309. The average molecular weight is 625 g/mol. The van der Waals surface area contributed by atoms with Gasteiger partial charge < -0.3 is 5.11 Å². The van der Waals surface area contributed by atoms with Gasteiger partial charge in [-0.3, -0.25) is 19.0 Å². The summed E-state index contributed by atoms with van der Waals surface area (Å²) in [5.41, 5.74) is 0.657. The van der Waals surface area contributed by atoms with E-state index in [2.05, 4.69) is 14.7 Å². The number of hydrogen-bond acceptors (Lipinski definition) is 9. The standard InChI is InChI=1S/C28H24N4O7S3/c33-24-18-40(34,35)17-23(24)32(42(38,39)26-10-2-6-20-8-4-16-30-28(20)26)22-13-11-21(12-14-22)31-41(36,37)25-9-1-5-19-7-3-15-29-27(19)25/h1-16,23-24,31,33H,17-18H2/t23-,24-/m1/s1. The van der Waals surface area contributed by atoms with Crippen molar-refractivity contribution >= 4 is 63.1 Å². The lowest BCUT2D eigenvalue weighted by molar-refractivity contribution is 0.184. The van der Waals surface area contributed by atoms with Crippen molar-refractivity contribution in [1.82, 2.24) is 9.97 Å². The van der Waals surface area contributed by atoms with E-state index in [4.69, 9.17) is 0 Å². The van der Waals surface area contributed by atoms with E-state index in [1.807, 2.05) is 0 Å². The molecule has 3 aromatic carbocycles. The van der Waals surface area contributed by atoms with Gasteiger partial charge in [-0.25, -0.2) is 25.3 Å². The maximum Gasteiger partial charge on any atom is 0.266 e. The second-order valence-electron chi connectivity index (χ2n) is 9.83. The number of aliphatic hydroxyl groups is 1. The predicted molar refractivity (Wildman–Crippen MR) is 159 cm³/mol. The summed E-state index contributed by atoms with van der Waals surface area (Å²) in [6.45, 7) is 0. The molecule has 6 rings (SSSR count). The summed E-state index contributed by atoms with van der Waals surface area (Å²) in [5.74, 6) is -1.18. The molecule has 42 heavy (non-hydrogen) atoms. The SMILES string of the molecule is O=S1(=O)C[C@@H](O)[C@H](N(c2ccc(NS(=O)(=O)c3cccc4cccnc34)cc2)S(=O)(=O)c2cccc3cccnc23)C1. The van der Waals surface area contributed by atoms with Gasteiger partial charge in [-0.05, 0) is 48.5 Å². The van der Waals surface area contributed by atoms with Crippen molar-refractivity contribution in [2.45, 2.75) is 21.9 Å². The van der Waals surface area contributed by atoms with Crippen molar-refractivity contribution < 1.29 is 30.4 Å². The third kappa shape index (κ3) is 5.06. The molecule has 2 atom stereocenters. The molecule has 1 aliphatic rings. The Morgan fingerprint density at radius 1 is 0.738 bits per heavy atom. The summed E-state index contributed by atoms with van der Waals surface area (Å²) in [6.07, 6.45) is 1.46. The normalized spacial score (nSPS) is 18.7. The van der Waals surface area contributed by atoms with Crippen molar-refractivity contribution in [2.75, 3.05) is 20.5 Å². The first-order valence-corrected chi connectivity index (χ1v) is 17.4. The largest absolute Gasteiger partial charge is 0.390 e. The zero-order valence-corrected chi connectivity index (χ0v) is 24.2. The molecule has 216 valence electrons. The van der Waals surface area contributed by atoms with Crippen molar-refractivity contribution in [3.05, 3.63) is 97.3 Å². The lowest BCUT2D eigenvalue weighted by Gasteiger charge is -2.31. The highest BCUT2D eigenvalue weighted by Gasteiger charge is 2.45. The highest BCUT2D eigenvalue weighted by Crippen LogP contribution is 2.34. The van der Waals surface area contributed by atoms with Crippen LogP contribution in [0.25, 0.3) is 21.8 Å². The smallest absolute Gasteiger partial charge is 0.266 e. The topological polar surface area (TPSA) is 164 Å². The quantitative estimate of drug-likeness (QED) is 0.277. The average Bonchev–Trinajstić information content (AvgIpc) is 3.24. The molecule has 2 aromatic heterocycles. The van der Waals surface area contributed by atoms with Crippen LogP contribution in [-0.4, -0.2) is 64.0 Å². The van der Waals surface area contributed by atoms with Crippen LogP contribution in [0.3, 0.4) is 0 Å². The number of fused-ring (bicyclic) bond motifs is 2. The van der Waals surface area contributed by atoms with Gasteiger partial charge in [-0.1, -0.05) is 36.4 Å². The van der Waals surface area contributed by atoms with Gasteiger partial charge in [0.05, 0.1) is 40.4 Å². The number of anilines is 2. The number of aliphatic hydroxyl groups excluding tert-OH is 1. The Morgan fingerprint density at radius 2 is 1.29 bits per heavy atom. The summed E-state index contributed by atoms with van der Waals surface area (Å²) < 4.78 is 83.1. The van der Waals surface area contributed by atoms with Crippen molar-refractivity contribution in [1.29, 1.82) is 0 Å². The summed E-state index contributed by atoms with van der Waals surface area (Å²) >= 11 is 0. The van der Waals surface area contributed by atoms with Crippen molar-refractivity contribution in [2.24, 2.45) is 0 Å². The Bertz CT molecular complexity index is 2150. The third-order valence-corrected chi connectivity index (χ3v) is 12.0. The van der Waals surface area contributed by atoms with E-state index in [1.54, 1.807) is 48.5 Å². The van der Waals surface area contributed by atoms with Crippen LogP contribution in [0.2, 0.25) is 0 Å². The molecule has 0 unspecified atom stereocenters. The van der Waals surface area contributed by atoms with Crippen LogP contribution in [0, 0.1) is 0 Å². The molecule has 14 heteroatoms. The lowest BCUT2D eigenvalue weighted by atomic mass is 10.2. The van der Waals surface area contributed by atoms with Gasteiger partial charge in [0, 0.05) is 28.9 Å². The van der Waals surface area contributed by atoms with Gasteiger partial charge in [-0.2, -0.15) is 0 Å². The van der Waals surface area contributed by atoms with Crippen LogP contribution in [-0.2, 0) is 29.9 Å². The number of para-hydroxylation sites is 2. The van der Waals surface area contributed by atoms with E-state index in [1.165, 1.54) is 48.8 Å². The highest BCUT2D eigenvalue weighted by atomic mass is 32.2. The maximum absolute atomic E-state index is 14.2. The molecule has 0 aliphatic carbocycles. The Kier molecular flexibility index (Phi) is 6.88. The number of sulfone groups is 1. The van der Waals surface area contributed by atoms with Gasteiger partial charge in [-0.15, -0.1) is 0 Å². The lowest BCUT2D eigenvalue weighted by Crippen LogP contribution is -2.47. The number of benzene rings is 3. The summed E-state index contributed by atoms with van der Waals surface area (Å²) in [6, 6.07) is 20.3. The van der Waals surface area contributed by atoms with Crippen LogP contribution in [0.5, 0.6) is 0 Å². The molecule has 0 radical (unpaired) electrons. The van der Waals surface area contributed by atoms with Gasteiger partial charge in [0.15, 0.2) is 9.84 Å². The van der Waals surface area contributed by atoms with Crippen molar-refractivity contribution in [3.8, 4) is 0 Å². The number of aromatic nitrogens is 2. The minimum atomic E-state index is -4.46. The highest BCUT2D eigenvalue weighted by molar-refractivity contribution is 7.94. The van der Waals surface area contributed by atoms with Gasteiger partial charge in [0.2, 0.25) is 0 Å². The molecule has 5 aromatic rings. The number of nitrogens with one attached hydrogen (secondary N) is 1. The zero-order chi connectivity index (χ0) is 29.7. The second-order valence-corrected chi connectivity index (χ2v) is 15.4. The Hall–Kier alpha value is -4.11. The molecular weight excluding hydrogens is 601 g/mol. The molecule has 11 nitrogen and oxygen atoms in total. The molecule has 0 amide bonds. The monoisotopic (exact) mass is 624 g/mol. The molecule has 0 bridgehead atoms. The van der Waals surface area contributed by atoms with E-state index in [0.717, 1.165) is 4.31 Å². The Balaban J connectivity index is 1.41. The number of pyridine rings is 2. The predicted octanol–water partition coefficient (Wildman–Crippen LogP) is 2.94. The third-order valence-electron chi connectivity index (χ3n) is 6.99. The number of sulfonamides is 2. The fourth-order valence-electron chi connectivity index (χ4n) is 5.11. The van der Waals surface area contributed by atoms with Crippen LogP contribution < -0.4 is 9.03 Å². The van der Waals surface area contributed by atoms with Crippen LogP contribution in [0.1, 0.15) is 0 Å². The first-order valence-electron chi connectivity index (χ1n) is 12.7. The number of nitrogens with zero attached hydrogens (tertiary/aromatic N) is 3. The molecule has 2 N–H and O–H groups in total. The fraction of sp³-hybridized carbons (Fsp3) is 0.143. The van der Waals surface area contributed by atoms with Crippen LogP contribution >= 0.6 is 0 Å². The minimum Gasteiger partial charge on any atom is -0.390 e. The van der Waals surface area contributed by atoms with Gasteiger partial charge >= 0.3 is 0 Å². The molecule has 0 spiro atoms. The first kappa shape index (κ1) is 28.0. The van der Waals surface area contributed by atoms with Crippen LogP contribution in [0.4, 0.5) is 11.4 Å². The van der Waals surface area contributed by atoms with E-state index < -0.39 is 53.5 Å². The Morgan fingerprint density at radius 3 is 1.86 bits per heavy atom. The van der Waals surface area contributed by atoms with Gasteiger partial charge in [0.1, 0.15) is 9.79 Å². The fourth-order valence-corrected chi connectivity index (χ4v) is 10.1. The molecule has 1 saturated heterocycles. The van der Waals surface area contributed by atoms with Crippen molar-refractivity contribution in [3.63, 3.8) is 0 Å². The summed E-state index contributed by atoms with van der Waals surface area (Å²) in [5, 5.41) is 11.9. The maximum atomic E-state index is 14.2.